The molecule has 3 rings (SSSR count). The fourth-order valence-corrected chi connectivity index (χ4v) is 3.25. The molecule has 0 aliphatic heterocycles. The molecular weight excluding hydrogens is 266 g/mol. The normalized spacial score (nSPS) is 16.0. The Labute approximate surface area is 123 Å². The van der Waals surface area contributed by atoms with Crippen molar-refractivity contribution >= 4 is 6.29 Å². The van der Waals surface area contributed by atoms with Gasteiger partial charge in [-0.1, -0.05) is 31.4 Å². The summed E-state index contributed by atoms with van der Waals surface area (Å²) in [7, 11) is 0. The number of rotatable bonds is 3. The molecule has 1 saturated carbocycles. The molecule has 0 unspecified atom stereocenters. The monoisotopic (exact) mass is 285 g/mol. The van der Waals surface area contributed by atoms with Crippen LogP contribution < -0.4 is 0 Å². The summed E-state index contributed by atoms with van der Waals surface area (Å²) in [6.45, 7) is 0. The Morgan fingerprint density at radius 3 is 2.52 bits per heavy atom. The van der Waals surface area contributed by atoms with Crippen LogP contribution in [0, 0.1) is 0 Å². The number of hydrogen-bond donors (Lipinski definition) is 2. The summed E-state index contributed by atoms with van der Waals surface area (Å²) in [6.07, 6.45) is 6.34. The van der Waals surface area contributed by atoms with Gasteiger partial charge in [0.15, 0.2) is 12.2 Å². The lowest BCUT2D eigenvalue weighted by molar-refractivity contribution is 0.112. The summed E-state index contributed by atoms with van der Waals surface area (Å²) in [5.74, 6) is 0.311. The molecule has 21 heavy (non-hydrogen) atoms. The second-order valence-corrected chi connectivity index (χ2v) is 5.63. The first kappa shape index (κ1) is 13.7. The van der Waals surface area contributed by atoms with Crippen molar-refractivity contribution in [2.24, 2.45) is 0 Å². The predicted molar refractivity (Wildman–Crippen MR) is 80.3 cm³/mol. The van der Waals surface area contributed by atoms with Crippen molar-refractivity contribution in [3.05, 3.63) is 41.5 Å². The first-order valence-electron chi connectivity index (χ1n) is 7.40. The van der Waals surface area contributed by atoms with Crippen LogP contribution in [-0.4, -0.2) is 21.1 Å². The van der Waals surface area contributed by atoms with E-state index in [9.17, 15) is 15.0 Å². The summed E-state index contributed by atoms with van der Waals surface area (Å²) in [6, 6.07) is 8.55. The summed E-state index contributed by atoms with van der Waals surface area (Å²) >= 11 is 0. The van der Waals surface area contributed by atoms with Crippen LogP contribution in [-0.2, 0) is 0 Å². The van der Waals surface area contributed by atoms with Gasteiger partial charge in [-0.3, -0.25) is 9.36 Å². The number of aldehydes is 1. The van der Waals surface area contributed by atoms with E-state index >= 15 is 0 Å². The smallest absolute Gasteiger partial charge is 0.202 e. The number of carbonyl (C=O) groups is 1. The Morgan fingerprint density at radius 1 is 1.10 bits per heavy atom. The Balaban J connectivity index is 2.07. The lowest BCUT2D eigenvalue weighted by Gasteiger charge is -2.21. The number of para-hydroxylation sites is 1. The number of aromatic hydroxyl groups is 2. The maximum atomic E-state index is 11.2. The minimum Gasteiger partial charge on any atom is -0.494 e. The van der Waals surface area contributed by atoms with Crippen LogP contribution >= 0.6 is 0 Å². The fourth-order valence-electron chi connectivity index (χ4n) is 3.25. The van der Waals surface area contributed by atoms with E-state index in [4.69, 9.17) is 0 Å². The zero-order chi connectivity index (χ0) is 14.8. The van der Waals surface area contributed by atoms with E-state index in [1.165, 1.54) is 11.0 Å². The first-order valence-corrected chi connectivity index (χ1v) is 7.40. The van der Waals surface area contributed by atoms with Gasteiger partial charge in [0.25, 0.3) is 0 Å². The molecule has 0 saturated heterocycles. The third-order valence-electron chi connectivity index (χ3n) is 4.33. The molecular formula is C17H19NO3. The van der Waals surface area contributed by atoms with Crippen LogP contribution in [0.1, 0.15) is 53.9 Å². The predicted octanol–water partition coefficient (Wildman–Crippen LogP) is 3.75. The van der Waals surface area contributed by atoms with Gasteiger partial charge in [-0.25, -0.2) is 0 Å². The molecule has 1 heterocycles. The number of hydrogen-bond acceptors (Lipinski definition) is 3. The third-order valence-corrected chi connectivity index (χ3v) is 4.33. The lowest BCUT2D eigenvalue weighted by atomic mass is 9.85. The van der Waals surface area contributed by atoms with Gasteiger partial charge >= 0.3 is 0 Å². The van der Waals surface area contributed by atoms with Crippen molar-refractivity contribution < 1.29 is 15.0 Å². The molecule has 0 atom stereocenters. The quantitative estimate of drug-likeness (QED) is 0.844. The molecule has 0 radical (unpaired) electrons. The lowest BCUT2D eigenvalue weighted by Crippen LogP contribution is -2.04. The fraction of sp³-hybridized carbons (Fsp3) is 0.353. The molecule has 4 heteroatoms. The van der Waals surface area contributed by atoms with Gasteiger partial charge in [0.2, 0.25) is 5.88 Å². The average Bonchev–Trinajstić information content (AvgIpc) is 2.83. The van der Waals surface area contributed by atoms with Crippen LogP contribution in [0.25, 0.3) is 5.69 Å². The largest absolute Gasteiger partial charge is 0.494 e. The zero-order valence-electron chi connectivity index (χ0n) is 11.8. The topological polar surface area (TPSA) is 62.5 Å². The van der Waals surface area contributed by atoms with Gasteiger partial charge in [0.1, 0.15) is 0 Å². The van der Waals surface area contributed by atoms with Gasteiger partial charge in [0.05, 0.1) is 5.69 Å². The third kappa shape index (κ3) is 2.42. The van der Waals surface area contributed by atoms with E-state index in [-0.39, 0.29) is 17.7 Å². The number of carbonyl (C=O) groups excluding carboxylic acids is 1. The highest BCUT2D eigenvalue weighted by molar-refractivity contribution is 5.81. The first-order chi connectivity index (χ1) is 10.2. The Bertz CT molecular complexity index is 654. The summed E-state index contributed by atoms with van der Waals surface area (Å²) in [4.78, 5) is 11.2. The standard InChI is InChI=1S/C17H19NO3/c19-11-13-8-4-5-9-15(13)18-16(20)10-14(17(18)21)12-6-2-1-3-7-12/h4-5,8-12,20-21H,1-3,6-7H2. The van der Waals surface area contributed by atoms with Gasteiger partial charge < -0.3 is 10.2 Å². The van der Waals surface area contributed by atoms with Gasteiger partial charge in [0, 0.05) is 17.2 Å². The van der Waals surface area contributed by atoms with Crippen LogP contribution in [0.4, 0.5) is 0 Å². The van der Waals surface area contributed by atoms with Crippen LogP contribution in [0.2, 0.25) is 0 Å². The summed E-state index contributed by atoms with van der Waals surface area (Å²) in [5, 5.41) is 20.7. The second kappa shape index (κ2) is 5.64. The van der Waals surface area contributed by atoms with E-state index in [2.05, 4.69) is 0 Å². The minimum absolute atomic E-state index is 0.0256. The SMILES string of the molecule is O=Cc1ccccc1-n1c(O)cc(C2CCCCC2)c1O. The molecule has 1 aromatic heterocycles. The van der Waals surface area contributed by atoms with Crippen LogP contribution in [0.5, 0.6) is 11.8 Å². The van der Waals surface area contributed by atoms with E-state index in [0.717, 1.165) is 37.5 Å². The van der Waals surface area contributed by atoms with Crippen molar-refractivity contribution in [2.45, 2.75) is 38.0 Å². The second-order valence-electron chi connectivity index (χ2n) is 5.63. The van der Waals surface area contributed by atoms with Crippen molar-refractivity contribution in [2.75, 3.05) is 0 Å². The zero-order valence-corrected chi connectivity index (χ0v) is 11.8. The molecule has 1 aliphatic carbocycles. The van der Waals surface area contributed by atoms with E-state index in [1.54, 1.807) is 30.3 Å². The Kier molecular flexibility index (Phi) is 3.69. The summed E-state index contributed by atoms with van der Waals surface area (Å²) in [5.41, 5.74) is 1.73. The molecule has 1 aromatic carbocycles. The van der Waals surface area contributed by atoms with Crippen molar-refractivity contribution in [1.82, 2.24) is 4.57 Å². The highest BCUT2D eigenvalue weighted by atomic mass is 16.3. The minimum atomic E-state index is -0.0256. The van der Waals surface area contributed by atoms with Crippen molar-refractivity contribution in [1.29, 1.82) is 0 Å². The molecule has 2 aromatic rings. The number of aromatic nitrogens is 1. The molecule has 110 valence electrons. The molecule has 2 N–H and O–H groups in total. The van der Waals surface area contributed by atoms with Gasteiger partial charge in [-0.05, 0) is 30.9 Å². The Morgan fingerprint density at radius 2 is 1.81 bits per heavy atom. The van der Waals surface area contributed by atoms with Crippen LogP contribution in [0.3, 0.4) is 0 Å². The molecule has 0 bridgehead atoms. The number of benzene rings is 1. The molecule has 0 amide bonds. The number of nitrogens with zero attached hydrogens (tertiary/aromatic N) is 1. The average molecular weight is 285 g/mol. The Hall–Kier alpha value is -2.23. The van der Waals surface area contributed by atoms with Crippen LogP contribution in [0.15, 0.2) is 30.3 Å². The van der Waals surface area contributed by atoms with E-state index in [0.29, 0.717) is 11.3 Å². The molecule has 1 fully saturated rings. The van der Waals surface area contributed by atoms with Gasteiger partial charge in [-0.2, -0.15) is 0 Å². The van der Waals surface area contributed by atoms with Crippen molar-refractivity contribution in [3.8, 4) is 17.4 Å². The molecule has 0 spiro atoms. The van der Waals surface area contributed by atoms with Crippen molar-refractivity contribution in [3.63, 3.8) is 0 Å². The highest BCUT2D eigenvalue weighted by Gasteiger charge is 2.24. The maximum Gasteiger partial charge on any atom is 0.202 e. The highest BCUT2D eigenvalue weighted by Crippen LogP contribution is 2.42. The molecule has 1 aliphatic rings. The molecule has 4 nitrogen and oxygen atoms in total. The van der Waals surface area contributed by atoms with E-state index < -0.39 is 0 Å². The van der Waals surface area contributed by atoms with E-state index in [1.807, 2.05) is 0 Å². The van der Waals surface area contributed by atoms with Gasteiger partial charge in [-0.15, -0.1) is 0 Å². The summed E-state index contributed by atoms with van der Waals surface area (Å²) < 4.78 is 1.35. The maximum absolute atomic E-state index is 11.2.